The van der Waals surface area contributed by atoms with E-state index in [1.165, 1.54) is 6.08 Å². The molecule has 0 atom stereocenters. The lowest BCUT2D eigenvalue weighted by Gasteiger charge is -2.01. The zero-order chi connectivity index (χ0) is 18.6. The quantitative estimate of drug-likeness (QED) is 0.495. The topological polar surface area (TPSA) is 55.1 Å². The van der Waals surface area contributed by atoms with Crippen molar-refractivity contribution in [3.05, 3.63) is 90.0 Å². The first kappa shape index (κ1) is 16.8. The molecule has 1 N–H and O–H groups in total. The van der Waals surface area contributed by atoms with Gasteiger partial charge in [0, 0.05) is 17.3 Å². The van der Waals surface area contributed by atoms with Gasteiger partial charge in [0.25, 0.3) is 0 Å². The van der Waals surface area contributed by atoms with E-state index < -0.39 is 0 Å². The van der Waals surface area contributed by atoms with Gasteiger partial charge in [0.1, 0.15) is 5.52 Å². The number of nitrogens with one attached hydrogen (secondary N) is 1. The van der Waals surface area contributed by atoms with Crippen molar-refractivity contribution in [3.63, 3.8) is 0 Å². The highest BCUT2D eigenvalue weighted by Crippen LogP contribution is 2.28. The van der Waals surface area contributed by atoms with Gasteiger partial charge in [0.2, 0.25) is 11.8 Å². The summed E-state index contributed by atoms with van der Waals surface area (Å²) in [5.41, 5.74) is 5.11. The number of oxazole rings is 1. The van der Waals surface area contributed by atoms with Crippen LogP contribution in [0.4, 0.5) is 5.69 Å². The van der Waals surface area contributed by atoms with Crippen molar-refractivity contribution in [3.8, 4) is 11.5 Å². The molecule has 3 aromatic carbocycles. The van der Waals surface area contributed by atoms with E-state index in [4.69, 9.17) is 4.42 Å². The van der Waals surface area contributed by atoms with E-state index in [1.807, 2.05) is 79.7 Å². The Morgan fingerprint density at radius 2 is 1.78 bits per heavy atom. The van der Waals surface area contributed by atoms with E-state index in [0.29, 0.717) is 22.7 Å². The second kappa shape index (κ2) is 7.30. The standard InChI is InChI=1S/C23H18N2O2/c1-16-7-5-6-10-19(16)23-25-20-15-18(12-13-21(20)27-23)24-22(26)14-11-17-8-3-2-4-9-17/h2-15H,1H3,(H,24,26). The van der Waals surface area contributed by atoms with Gasteiger partial charge in [-0.1, -0.05) is 48.5 Å². The number of hydrogen-bond acceptors (Lipinski definition) is 3. The molecule has 4 nitrogen and oxygen atoms in total. The number of carbonyl (C=O) groups is 1. The molecule has 0 fully saturated rings. The number of anilines is 1. The highest BCUT2D eigenvalue weighted by molar-refractivity contribution is 6.02. The van der Waals surface area contributed by atoms with Gasteiger partial charge in [-0.05, 0) is 48.4 Å². The van der Waals surface area contributed by atoms with Crippen LogP contribution in [-0.2, 0) is 4.79 Å². The molecule has 27 heavy (non-hydrogen) atoms. The second-order valence-corrected chi connectivity index (χ2v) is 6.25. The zero-order valence-electron chi connectivity index (χ0n) is 14.8. The number of aromatic nitrogens is 1. The summed E-state index contributed by atoms with van der Waals surface area (Å²) in [7, 11) is 0. The van der Waals surface area contributed by atoms with Gasteiger partial charge in [0.15, 0.2) is 5.58 Å². The monoisotopic (exact) mass is 354 g/mol. The summed E-state index contributed by atoms with van der Waals surface area (Å²) in [6.45, 7) is 2.02. The lowest BCUT2D eigenvalue weighted by molar-refractivity contribution is -0.111. The van der Waals surface area contributed by atoms with Gasteiger partial charge in [-0.3, -0.25) is 4.79 Å². The third kappa shape index (κ3) is 3.80. The fourth-order valence-corrected chi connectivity index (χ4v) is 2.85. The van der Waals surface area contributed by atoms with E-state index in [-0.39, 0.29) is 5.91 Å². The Bertz CT molecular complexity index is 1130. The Morgan fingerprint density at radius 3 is 2.59 bits per heavy atom. The van der Waals surface area contributed by atoms with Gasteiger partial charge in [-0.25, -0.2) is 4.98 Å². The molecule has 1 heterocycles. The summed E-state index contributed by atoms with van der Waals surface area (Å²) in [5, 5.41) is 2.86. The summed E-state index contributed by atoms with van der Waals surface area (Å²) in [4.78, 5) is 16.7. The van der Waals surface area contributed by atoms with Gasteiger partial charge in [0.05, 0.1) is 0 Å². The maximum atomic E-state index is 12.2. The number of hydrogen-bond donors (Lipinski definition) is 1. The minimum Gasteiger partial charge on any atom is -0.436 e. The van der Waals surface area contributed by atoms with Gasteiger partial charge < -0.3 is 9.73 Å². The molecule has 0 radical (unpaired) electrons. The molecule has 0 bridgehead atoms. The molecule has 4 heteroatoms. The molecule has 4 aromatic rings. The fraction of sp³-hybridized carbons (Fsp3) is 0.0435. The number of amides is 1. The molecular weight excluding hydrogens is 336 g/mol. The van der Waals surface area contributed by atoms with E-state index in [1.54, 1.807) is 6.08 Å². The SMILES string of the molecule is Cc1ccccc1-c1nc2cc(NC(=O)C=Cc3ccccc3)ccc2o1. The smallest absolute Gasteiger partial charge is 0.248 e. The number of aryl methyl sites for hydroxylation is 1. The number of benzene rings is 3. The average molecular weight is 354 g/mol. The number of nitrogens with zero attached hydrogens (tertiary/aromatic N) is 1. The average Bonchev–Trinajstić information content (AvgIpc) is 3.10. The highest BCUT2D eigenvalue weighted by Gasteiger charge is 2.11. The molecule has 0 aliphatic rings. The van der Waals surface area contributed by atoms with E-state index in [0.717, 1.165) is 16.7 Å². The third-order valence-corrected chi connectivity index (χ3v) is 4.26. The van der Waals surface area contributed by atoms with Crippen molar-refractivity contribution in [1.82, 2.24) is 4.98 Å². The number of carbonyl (C=O) groups excluding carboxylic acids is 1. The first-order valence-electron chi connectivity index (χ1n) is 8.70. The van der Waals surface area contributed by atoms with Crippen LogP contribution < -0.4 is 5.32 Å². The fourth-order valence-electron chi connectivity index (χ4n) is 2.85. The van der Waals surface area contributed by atoms with Crippen LogP contribution in [-0.4, -0.2) is 10.9 Å². The highest BCUT2D eigenvalue weighted by atomic mass is 16.3. The minimum absolute atomic E-state index is 0.194. The van der Waals surface area contributed by atoms with Gasteiger partial charge in [-0.2, -0.15) is 0 Å². The molecule has 1 aromatic heterocycles. The predicted octanol–water partition coefficient (Wildman–Crippen LogP) is 5.46. The molecule has 0 unspecified atom stereocenters. The third-order valence-electron chi connectivity index (χ3n) is 4.26. The summed E-state index contributed by atoms with van der Waals surface area (Å²) < 4.78 is 5.86. The van der Waals surface area contributed by atoms with Crippen LogP contribution in [0.1, 0.15) is 11.1 Å². The van der Waals surface area contributed by atoms with Crippen molar-refractivity contribution in [2.24, 2.45) is 0 Å². The normalized spacial score (nSPS) is 11.1. The molecule has 4 rings (SSSR count). The van der Waals surface area contributed by atoms with Crippen LogP contribution in [0, 0.1) is 6.92 Å². The molecule has 0 aliphatic heterocycles. The van der Waals surface area contributed by atoms with Crippen molar-refractivity contribution in [2.45, 2.75) is 6.92 Å². The molecule has 1 amide bonds. The van der Waals surface area contributed by atoms with E-state index in [2.05, 4.69) is 10.3 Å². The maximum Gasteiger partial charge on any atom is 0.248 e. The predicted molar refractivity (Wildman–Crippen MR) is 108 cm³/mol. The number of fused-ring (bicyclic) bond motifs is 1. The molecule has 132 valence electrons. The minimum atomic E-state index is -0.194. The number of rotatable bonds is 4. The van der Waals surface area contributed by atoms with Crippen LogP contribution in [0.5, 0.6) is 0 Å². The maximum absolute atomic E-state index is 12.2. The van der Waals surface area contributed by atoms with Crippen molar-refractivity contribution >= 4 is 28.8 Å². The van der Waals surface area contributed by atoms with Crippen LogP contribution in [0.2, 0.25) is 0 Å². The van der Waals surface area contributed by atoms with E-state index in [9.17, 15) is 4.79 Å². The first-order valence-corrected chi connectivity index (χ1v) is 8.70. The molecule has 0 aliphatic carbocycles. The van der Waals surface area contributed by atoms with Gasteiger partial charge in [-0.15, -0.1) is 0 Å². The summed E-state index contributed by atoms with van der Waals surface area (Å²) in [6.07, 6.45) is 3.29. The van der Waals surface area contributed by atoms with Crippen LogP contribution in [0.25, 0.3) is 28.6 Å². The largest absolute Gasteiger partial charge is 0.436 e. The Balaban J connectivity index is 1.54. The second-order valence-electron chi connectivity index (χ2n) is 6.25. The Kier molecular flexibility index (Phi) is 4.54. The first-order chi connectivity index (χ1) is 13.2. The lowest BCUT2D eigenvalue weighted by Crippen LogP contribution is -2.07. The van der Waals surface area contributed by atoms with Crippen LogP contribution in [0.3, 0.4) is 0 Å². The van der Waals surface area contributed by atoms with E-state index >= 15 is 0 Å². The van der Waals surface area contributed by atoms with Crippen LogP contribution in [0.15, 0.2) is 83.3 Å². The van der Waals surface area contributed by atoms with Crippen molar-refractivity contribution in [1.29, 1.82) is 0 Å². The van der Waals surface area contributed by atoms with Gasteiger partial charge >= 0.3 is 0 Å². The van der Waals surface area contributed by atoms with Crippen molar-refractivity contribution in [2.75, 3.05) is 5.32 Å². The lowest BCUT2D eigenvalue weighted by atomic mass is 10.1. The van der Waals surface area contributed by atoms with Crippen LogP contribution >= 0.6 is 0 Å². The molecular formula is C23H18N2O2. The molecule has 0 saturated carbocycles. The summed E-state index contributed by atoms with van der Waals surface area (Å²) in [5.74, 6) is 0.386. The molecule has 0 spiro atoms. The summed E-state index contributed by atoms with van der Waals surface area (Å²) in [6, 6.07) is 23.1. The Morgan fingerprint density at radius 1 is 1.00 bits per heavy atom. The van der Waals surface area contributed by atoms with Crippen molar-refractivity contribution < 1.29 is 9.21 Å². The Labute approximate surface area is 157 Å². The molecule has 0 saturated heterocycles. The Hall–Kier alpha value is -3.66. The zero-order valence-corrected chi connectivity index (χ0v) is 14.8. The summed E-state index contributed by atoms with van der Waals surface area (Å²) >= 11 is 0.